The van der Waals surface area contributed by atoms with Gasteiger partial charge in [0.15, 0.2) is 9.76 Å². The highest BCUT2D eigenvalue weighted by atomic mass is 28.2. The Bertz CT molecular complexity index is 115. The van der Waals surface area contributed by atoms with Gasteiger partial charge in [-0.2, -0.15) is 0 Å². The molecule has 0 saturated heterocycles. The van der Waals surface area contributed by atoms with Gasteiger partial charge in [-0.25, -0.2) is 0 Å². The van der Waals surface area contributed by atoms with E-state index in [1.54, 1.807) is 7.11 Å². The number of hydrogen-bond donors (Lipinski definition) is 0. The highest BCUT2D eigenvalue weighted by Crippen LogP contribution is 1.92. The number of rotatable bonds is 6. The smallest absolute Gasteiger partial charge is 0.162 e. The summed E-state index contributed by atoms with van der Waals surface area (Å²) in [5.74, 6) is 0. The molecule has 11 heavy (non-hydrogen) atoms. The van der Waals surface area contributed by atoms with Crippen LogP contribution in [0.5, 0.6) is 0 Å². The molecule has 3 heteroatoms. The molecule has 0 fully saturated rings. The molecular formula is C8H19NOSi. The van der Waals surface area contributed by atoms with Crippen LogP contribution in [0.2, 0.25) is 6.04 Å². The Morgan fingerprint density at radius 1 is 1.55 bits per heavy atom. The molecular weight excluding hydrogens is 154 g/mol. The molecule has 0 unspecified atom stereocenters. The Morgan fingerprint density at radius 3 is 2.82 bits per heavy atom. The fraction of sp³-hybridized carbons (Fsp3) is 0.875. The molecule has 0 bridgehead atoms. The molecule has 0 amide bonds. The van der Waals surface area contributed by atoms with E-state index in [2.05, 4.69) is 18.8 Å². The van der Waals surface area contributed by atoms with Crippen molar-refractivity contribution in [1.82, 2.24) is 0 Å². The summed E-state index contributed by atoms with van der Waals surface area (Å²) in [5, 5.41) is 0. The van der Waals surface area contributed by atoms with Crippen LogP contribution in [0.3, 0.4) is 0 Å². The molecule has 2 nitrogen and oxygen atoms in total. The topological polar surface area (TPSA) is 21.6 Å². The summed E-state index contributed by atoms with van der Waals surface area (Å²) in [6.45, 7) is 5.27. The van der Waals surface area contributed by atoms with E-state index in [4.69, 9.17) is 4.43 Å². The average Bonchev–Trinajstić information content (AvgIpc) is 1.99. The minimum atomic E-state index is -0.242. The van der Waals surface area contributed by atoms with Crippen LogP contribution in [0.1, 0.15) is 26.7 Å². The van der Waals surface area contributed by atoms with Crippen molar-refractivity contribution >= 4 is 15.5 Å². The van der Waals surface area contributed by atoms with Crippen LogP contribution < -0.4 is 0 Å². The summed E-state index contributed by atoms with van der Waals surface area (Å²) in [5.41, 5.74) is 1.29. The summed E-state index contributed by atoms with van der Waals surface area (Å²) >= 11 is 0. The number of hydrogen-bond acceptors (Lipinski definition) is 2. The van der Waals surface area contributed by atoms with Gasteiger partial charge in [0.25, 0.3) is 0 Å². The second kappa shape index (κ2) is 7.95. The lowest BCUT2D eigenvalue weighted by atomic mass is 10.2. The first-order valence-corrected chi connectivity index (χ1v) is 5.87. The molecule has 0 aromatic heterocycles. The predicted octanol–water partition coefficient (Wildman–Crippen LogP) is 1.40. The Kier molecular flexibility index (Phi) is 7.84. The summed E-state index contributed by atoms with van der Waals surface area (Å²) in [4.78, 5) is 4.42. The number of nitrogens with zero attached hydrogens (tertiary/aromatic N) is 1. The lowest BCUT2D eigenvalue weighted by Crippen LogP contribution is -1.97. The molecule has 0 radical (unpaired) electrons. The van der Waals surface area contributed by atoms with E-state index >= 15 is 0 Å². The van der Waals surface area contributed by atoms with E-state index in [1.165, 1.54) is 18.2 Å². The first-order chi connectivity index (χ1) is 5.31. The Morgan fingerprint density at radius 2 is 2.27 bits per heavy atom. The summed E-state index contributed by atoms with van der Waals surface area (Å²) in [6.07, 6.45) is 2.35. The summed E-state index contributed by atoms with van der Waals surface area (Å²) in [6, 6.07) is 1.18. The van der Waals surface area contributed by atoms with E-state index in [9.17, 15) is 0 Å². The molecule has 66 valence electrons. The highest BCUT2D eigenvalue weighted by molar-refractivity contribution is 6.27. The molecule has 0 aliphatic heterocycles. The first-order valence-electron chi connectivity index (χ1n) is 4.30. The molecule has 0 rings (SSSR count). The van der Waals surface area contributed by atoms with Gasteiger partial charge in [-0.1, -0.05) is 13.3 Å². The third-order valence-electron chi connectivity index (χ3n) is 1.50. The van der Waals surface area contributed by atoms with Gasteiger partial charge in [-0.05, 0) is 19.4 Å². The van der Waals surface area contributed by atoms with Crippen LogP contribution in [-0.2, 0) is 4.43 Å². The van der Waals surface area contributed by atoms with Crippen molar-refractivity contribution in [3.05, 3.63) is 0 Å². The molecule has 0 heterocycles. The van der Waals surface area contributed by atoms with Crippen LogP contribution >= 0.6 is 0 Å². The average molecular weight is 173 g/mol. The molecule has 0 atom stereocenters. The van der Waals surface area contributed by atoms with Crippen molar-refractivity contribution in [2.45, 2.75) is 32.7 Å². The SMILES string of the molecule is CCCC(C)=NCC[SiH2]OC. The van der Waals surface area contributed by atoms with E-state index in [0.717, 1.165) is 13.0 Å². The molecule has 0 aliphatic carbocycles. The molecule has 0 aliphatic rings. The van der Waals surface area contributed by atoms with Crippen molar-refractivity contribution in [2.75, 3.05) is 13.7 Å². The zero-order valence-corrected chi connectivity index (χ0v) is 9.31. The van der Waals surface area contributed by atoms with Crippen LogP contribution in [-0.4, -0.2) is 29.1 Å². The maximum atomic E-state index is 5.05. The zero-order chi connectivity index (χ0) is 8.53. The van der Waals surface area contributed by atoms with Crippen molar-refractivity contribution in [1.29, 1.82) is 0 Å². The third kappa shape index (κ3) is 7.75. The second-order valence-corrected chi connectivity index (χ2v) is 4.41. The van der Waals surface area contributed by atoms with Gasteiger partial charge in [0.2, 0.25) is 0 Å². The second-order valence-electron chi connectivity index (χ2n) is 2.71. The van der Waals surface area contributed by atoms with Crippen molar-refractivity contribution in [2.24, 2.45) is 4.99 Å². The van der Waals surface area contributed by atoms with E-state index in [1.807, 2.05) is 0 Å². The molecule has 0 saturated carbocycles. The van der Waals surface area contributed by atoms with E-state index < -0.39 is 0 Å². The van der Waals surface area contributed by atoms with Gasteiger partial charge >= 0.3 is 0 Å². The van der Waals surface area contributed by atoms with Crippen LogP contribution in [0, 0.1) is 0 Å². The molecule has 0 aromatic carbocycles. The largest absolute Gasteiger partial charge is 0.427 e. The van der Waals surface area contributed by atoms with Crippen molar-refractivity contribution in [3.63, 3.8) is 0 Å². The fourth-order valence-corrected chi connectivity index (χ4v) is 1.50. The number of aliphatic imine (C=N–C) groups is 1. The monoisotopic (exact) mass is 173 g/mol. The quantitative estimate of drug-likeness (QED) is 0.338. The standard InChI is InChI=1S/C8H19NOSi/c1-4-5-8(2)9-6-7-11-10-3/h4-7,11H2,1-3H3. The van der Waals surface area contributed by atoms with Gasteiger partial charge < -0.3 is 4.43 Å². The van der Waals surface area contributed by atoms with Gasteiger partial charge in [-0.15, -0.1) is 0 Å². The van der Waals surface area contributed by atoms with Crippen LogP contribution in [0.15, 0.2) is 4.99 Å². The predicted molar refractivity (Wildman–Crippen MR) is 53.2 cm³/mol. The zero-order valence-electron chi connectivity index (χ0n) is 7.89. The lowest BCUT2D eigenvalue weighted by Gasteiger charge is -1.97. The minimum Gasteiger partial charge on any atom is -0.427 e. The molecule has 0 aromatic rings. The summed E-state index contributed by atoms with van der Waals surface area (Å²) < 4.78 is 5.05. The van der Waals surface area contributed by atoms with Gasteiger partial charge in [0.05, 0.1) is 0 Å². The minimum absolute atomic E-state index is 0.242. The fourth-order valence-electron chi connectivity index (χ4n) is 0.920. The normalized spacial score (nSPS) is 13.2. The molecule has 0 spiro atoms. The Labute approximate surface area is 72.0 Å². The maximum Gasteiger partial charge on any atom is 0.162 e. The summed E-state index contributed by atoms with van der Waals surface area (Å²) in [7, 11) is 1.54. The first kappa shape index (κ1) is 10.8. The van der Waals surface area contributed by atoms with Crippen LogP contribution in [0.4, 0.5) is 0 Å². The van der Waals surface area contributed by atoms with Gasteiger partial charge in [0.1, 0.15) is 0 Å². The lowest BCUT2D eigenvalue weighted by molar-refractivity contribution is 0.441. The van der Waals surface area contributed by atoms with Crippen LogP contribution in [0.25, 0.3) is 0 Å². The maximum absolute atomic E-state index is 5.05. The Balaban J connectivity index is 3.24. The molecule has 0 N–H and O–H groups in total. The van der Waals surface area contributed by atoms with E-state index in [0.29, 0.717) is 0 Å². The van der Waals surface area contributed by atoms with Crippen molar-refractivity contribution in [3.8, 4) is 0 Å². The highest BCUT2D eigenvalue weighted by Gasteiger charge is 1.88. The Hall–Kier alpha value is -0.153. The van der Waals surface area contributed by atoms with Gasteiger partial charge in [-0.3, -0.25) is 4.99 Å². The third-order valence-corrected chi connectivity index (χ3v) is 2.51. The van der Waals surface area contributed by atoms with E-state index in [-0.39, 0.29) is 9.76 Å². The van der Waals surface area contributed by atoms with Gasteiger partial charge in [0, 0.05) is 19.4 Å². The van der Waals surface area contributed by atoms with Crippen molar-refractivity contribution < 1.29 is 4.43 Å².